The van der Waals surface area contributed by atoms with E-state index in [-0.39, 0.29) is 11.3 Å². The van der Waals surface area contributed by atoms with Crippen molar-refractivity contribution in [1.82, 2.24) is 0 Å². The van der Waals surface area contributed by atoms with Crippen LogP contribution in [0.2, 0.25) is 0 Å². The maximum Gasteiger partial charge on any atom is 0.119 e. The van der Waals surface area contributed by atoms with Crippen LogP contribution >= 0.6 is 11.8 Å². The van der Waals surface area contributed by atoms with E-state index in [1.54, 1.807) is 7.11 Å². The summed E-state index contributed by atoms with van der Waals surface area (Å²) in [5.74, 6) is 1.85. The highest BCUT2D eigenvalue weighted by Crippen LogP contribution is 2.35. The van der Waals surface area contributed by atoms with Crippen LogP contribution in [0.3, 0.4) is 0 Å². The quantitative estimate of drug-likeness (QED) is 0.862. The highest BCUT2D eigenvalue weighted by Gasteiger charge is 2.17. The summed E-state index contributed by atoms with van der Waals surface area (Å²) in [7, 11) is 1.69. The Balaban J connectivity index is 2.12. The Morgan fingerprint density at radius 1 is 1.14 bits per heavy atom. The van der Waals surface area contributed by atoms with Crippen molar-refractivity contribution in [3.63, 3.8) is 0 Å². The monoisotopic (exact) mass is 301 g/mol. The molecule has 0 aliphatic rings. The van der Waals surface area contributed by atoms with Gasteiger partial charge in [-0.05, 0) is 37.1 Å². The molecular weight excluding hydrogens is 278 g/mol. The molecule has 0 saturated carbocycles. The highest BCUT2D eigenvalue weighted by atomic mass is 32.2. The maximum absolute atomic E-state index is 6.19. The van der Waals surface area contributed by atoms with Crippen molar-refractivity contribution < 1.29 is 4.74 Å². The van der Waals surface area contributed by atoms with Crippen molar-refractivity contribution in [3.8, 4) is 5.75 Å². The van der Waals surface area contributed by atoms with Crippen LogP contribution in [-0.4, -0.2) is 13.2 Å². The van der Waals surface area contributed by atoms with Gasteiger partial charge in [-0.15, -0.1) is 11.8 Å². The molecule has 2 atom stereocenters. The first-order valence-corrected chi connectivity index (χ1v) is 8.21. The normalized spacial score (nSPS) is 13.7. The average Bonchev–Trinajstić information content (AvgIpc) is 2.47. The second kappa shape index (κ2) is 7.53. The second-order valence-corrected chi connectivity index (χ2v) is 6.49. The lowest BCUT2D eigenvalue weighted by Gasteiger charge is -2.21. The minimum atomic E-state index is 0.0897. The van der Waals surface area contributed by atoms with Gasteiger partial charge in [-0.3, -0.25) is 0 Å². The number of nitrogens with two attached hydrogens (primary N) is 1. The molecule has 0 bridgehead atoms. The van der Waals surface area contributed by atoms with Crippen molar-refractivity contribution in [3.05, 3.63) is 65.2 Å². The number of benzene rings is 2. The van der Waals surface area contributed by atoms with E-state index in [0.717, 1.165) is 11.5 Å². The van der Waals surface area contributed by atoms with Gasteiger partial charge < -0.3 is 10.5 Å². The molecule has 2 aromatic carbocycles. The van der Waals surface area contributed by atoms with Gasteiger partial charge in [0.25, 0.3) is 0 Å². The Hall–Kier alpha value is -1.45. The zero-order chi connectivity index (χ0) is 15.2. The van der Waals surface area contributed by atoms with Crippen LogP contribution in [0.15, 0.2) is 48.5 Å². The van der Waals surface area contributed by atoms with Crippen molar-refractivity contribution in [2.45, 2.75) is 30.9 Å². The second-order valence-electron chi connectivity index (χ2n) is 5.36. The molecule has 0 aliphatic carbocycles. The summed E-state index contributed by atoms with van der Waals surface area (Å²) >= 11 is 1.88. The maximum atomic E-state index is 6.19. The minimum Gasteiger partial charge on any atom is -0.497 e. The molecular formula is C18H23NOS. The van der Waals surface area contributed by atoms with Crippen LogP contribution in [0.1, 0.15) is 28.9 Å². The number of aryl methyl sites for hydroxylation is 1. The minimum absolute atomic E-state index is 0.0897. The fraction of sp³-hybridized carbons (Fsp3) is 0.333. The van der Waals surface area contributed by atoms with E-state index in [2.05, 4.69) is 50.2 Å². The number of hydrogen-bond donors (Lipinski definition) is 1. The van der Waals surface area contributed by atoms with Gasteiger partial charge in [0.05, 0.1) is 7.11 Å². The lowest BCUT2D eigenvalue weighted by Crippen LogP contribution is -2.22. The summed E-state index contributed by atoms with van der Waals surface area (Å²) in [4.78, 5) is 0. The lowest BCUT2D eigenvalue weighted by atomic mass is 10.1. The average molecular weight is 301 g/mol. The SMILES string of the molecule is COc1cccc(C(SCc2cccc(C)c2)C(C)N)c1. The topological polar surface area (TPSA) is 35.2 Å². The molecule has 3 heteroatoms. The molecule has 0 heterocycles. The summed E-state index contributed by atoms with van der Waals surface area (Å²) in [5, 5.41) is 0.264. The summed E-state index contributed by atoms with van der Waals surface area (Å²) in [6.07, 6.45) is 0. The van der Waals surface area contributed by atoms with Gasteiger partial charge in [-0.1, -0.05) is 42.0 Å². The Morgan fingerprint density at radius 2 is 1.90 bits per heavy atom. The molecule has 0 radical (unpaired) electrons. The van der Waals surface area contributed by atoms with Gasteiger partial charge in [0.15, 0.2) is 0 Å². The van der Waals surface area contributed by atoms with Crippen molar-refractivity contribution in [2.75, 3.05) is 7.11 Å². The predicted molar refractivity (Wildman–Crippen MR) is 91.9 cm³/mol. The fourth-order valence-electron chi connectivity index (χ4n) is 2.36. The zero-order valence-corrected chi connectivity index (χ0v) is 13.7. The van der Waals surface area contributed by atoms with E-state index >= 15 is 0 Å². The van der Waals surface area contributed by atoms with Gasteiger partial charge in [0.2, 0.25) is 0 Å². The summed E-state index contributed by atoms with van der Waals surface area (Å²) < 4.78 is 5.31. The van der Waals surface area contributed by atoms with E-state index in [1.807, 2.05) is 23.9 Å². The van der Waals surface area contributed by atoms with Gasteiger partial charge in [-0.25, -0.2) is 0 Å². The first-order chi connectivity index (χ1) is 10.1. The van der Waals surface area contributed by atoms with Crippen molar-refractivity contribution in [1.29, 1.82) is 0 Å². The summed E-state index contributed by atoms with van der Waals surface area (Å²) in [6, 6.07) is 16.9. The molecule has 2 rings (SSSR count). The van der Waals surface area contributed by atoms with E-state index in [9.17, 15) is 0 Å². The third-order valence-corrected chi connectivity index (χ3v) is 4.97. The van der Waals surface area contributed by atoms with Gasteiger partial charge in [0, 0.05) is 17.0 Å². The van der Waals surface area contributed by atoms with Crippen molar-refractivity contribution in [2.24, 2.45) is 5.73 Å². The number of methoxy groups -OCH3 is 1. The summed E-state index contributed by atoms with van der Waals surface area (Å²) in [5.41, 5.74) is 10.1. The fourth-order valence-corrected chi connectivity index (χ4v) is 3.55. The molecule has 0 spiro atoms. The zero-order valence-electron chi connectivity index (χ0n) is 12.9. The standard InChI is InChI=1S/C18H23NOS/c1-13-6-4-7-15(10-13)12-21-18(14(2)19)16-8-5-9-17(11-16)20-3/h4-11,14,18H,12,19H2,1-3H3. The third-order valence-electron chi connectivity index (χ3n) is 3.41. The van der Waals surface area contributed by atoms with Crippen LogP contribution in [-0.2, 0) is 5.75 Å². The number of hydrogen-bond acceptors (Lipinski definition) is 3. The van der Waals surface area contributed by atoms with Crippen LogP contribution in [0.5, 0.6) is 5.75 Å². The van der Waals surface area contributed by atoms with Gasteiger partial charge in [-0.2, -0.15) is 0 Å². The molecule has 21 heavy (non-hydrogen) atoms. The number of ether oxygens (including phenoxy) is 1. The van der Waals surface area contributed by atoms with Crippen LogP contribution in [0.25, 0.3) is 0 Å². The Labute approximate surface area is 131 Å². The summed E-state index contributed by atoms with van der Waals surface area (Å²) in [6.45, 7) is 4.19. The Bertz CT molecular complexity index is 583. The van der Waals surface area contributed by atoms with Crippen molar-refractivity contribution >= 4 is 11.8 Å². The van der Waals surface area contributed by atoms with Gasteiger partial charge >= 0.3 is 0 Å². The molecule has 0 aliphatic heterocycles. The molecule has 0 aromatic heterocycles. The largest absolute Gasteiger partial charge is 0.497 e. The molecule has 2 nitrogen and oxygen atoms in total. The molecule has 2 N–H and O–H groups in total. The van der Waals surface area contributed by atoms with E-state index in [0.29, 0.717) is 0 Å². The van der Waals surface area contributed by atoms with Crippen LogP contribution in [0.4, 0.5) is 0 Å². The molecule has 112 valence electrons. The molecule has 0 amide bonds. The molecule has 2 aromatic rings. The van der Waals surface area contributed by atoms with E-state index in [1.165, 1.54) is 16.7 Å². The van der Waals surface area contributed by atoms with Crippen LogP contribution < -0.4 is 10.5 Å². The first kappa shape index (κ1) is 15.9. The highest BCUT2D eigenvalue weighted by molar-refractivity contribution is 7.98. The van der Waals surface area contributed by atoms with Gasteiger partial charge in [0.1, 0.15) is 5.75 Å². The third kappa shape index (κ3) is 4.51. The lowest BCUT2D eigenvalue weighted by molar-refractivity contribution is 0.414. The van der Waals surface area contributed by atoms with E-state index < -0.39 is 0 Å². The van der Waals surface area contributed by atoms with E-state index in [4.69, 9.17) is 10.5 Å². The molecule has 2 unspecified atom stereocenters. The molecule has 0 saturated heterocycles. The number of rotatable bonds is 6. The predicted octanol–water partition coefficient (Wildman–Crippen LogP) is 4.33. The Kier molecular flexibility index (Phi) is 5.71. The molecule has 0 fully saturated rings. The first-order valence-electron chi connectivity index (χ1n) is 7.17. The van der Waals surface area contributed by atoms with Crippen LogP contribution in [0, 0.1) is 6.92 Å². The Morgan fingerprint density at radius 3 is 2.57 bits per heavy atom. The number of thioether (sulfide) groups is 1. The smallest absolute Gasteiger partial charge is 0.119 e.